The Hall–Kier alpha value is -2.82. The van der Waals surface area contributed by atoms with Gasteiger partial charge in [0.2, 0.25) is 5.91 Å². The lowest BCUT2D eigenvalue weighted by molar-refractivity contribution is -0.123. The Morgan fingerprint density at radius 2 is 1.54 bits per heavy atom. The summed E-state index contributed by atoms with van der Waals surface area (Å²) in [4.78, 5) is 52.8. The van der Waals surface area contributed by atoms with E-state index in [0.29, 0.717) is 32.7 Å². The Labute approximate surface area is 160 Å². The number of aromatic carboxylic acids is 2. The number of rotatable bonds is 6. The zero-order valence-electron chi connectivity index (χ0n) is 15.1. The minimum atomic E-state index is -1.35. The summed E-state index contributed by atoms with van der Waals surface area (Å²) in [5.74, 6) is -3.67. The summed E-state index contributed by atoms with van der Waals surface area (Å²) in [7, 11) is 0. The van der Waals surface area contributed by atoms with Crippen molar-refractivity contribution < 1.29 is 34.5 Å². The van der Waals surface area contributed by atoms with Gasteiger partial charge in [-0.05, 0) is 18.2 Å². The van der Waals surface area contributed by atoms with Gasteiger partial charge in [-0.25, -0.2) is 14.5 Å². The molecule has 2 fully saturated rings. The zero-order valence-corrected chi connectivity index (χ0v) is 15.1. The lowest BCUT2D eigenvalue weighted by Crippen LogP contribution is -2.53. The highest BCUT2D eigenvalue weighted by molar-refractivity contribution is 6.22. The van der Waals surface area contributed by atoms with Gasteiger partial charge in [-0.3, -0.25) is 19.4 Å². The molecule has 2 saturated heterocycles. The number of hydrogen-bond acceptors (Lipinski definition) is 7. The number of nitrogens with zero attached hydrogens (tertiary/aromatic N) is 3. The molecule has 2 aliphatic heterocycles. The van der Waals surface area contributed by atoms with E-state index in [1.165, 1.54) is 0 Å². The highest BCUT2D eigenvalue weighted by Crippen LogP contribution is 2.28. The Morgan fingerprint density at radius 3 is 2.04 bits per heavy atom. The van der Waals surface area contributed by atoms with Crippen molar-refractivity contribution in [3.63, 3.8) is 0 Å². The third-order valence-corrected chi connectivity index (χ3v) is 5.06. The minimum absolute atomic E-state index is 0.0431. The molecule has 1 atom stereocenters. The van der Waals surface area contributed by atoms with Gasteiger partial charge in [0.1, 0.15) is 0 Å². The summed E-state index contributed by atoms with van der Waals surface area (Å²) in [5, 5.41) is 27.4. The second-order valence-corrected chi connectivity index (χ2v) is 6.77. The topological polar surface area (TPSA) is 139 Å². The molecule has 0 aromatic heterocycles. The number of piperazine rings is 1. The van der Waals surface area contributed by atoms with Crippen LogP contribution in [0.1, 0.15) is 27.1 Å². The molecule has 3 rings (SSSR count). The van der Waals surface area contributed by atoms with E-state index in [1.807, 2.05) is 4.90 Å². The minimum Gasteiger partial charge on any atom is -0.478 e. The number of benzene rings is 1. The van der Waals surface area contributed by atoms with Gasteiger partial charge in [-0.1, -0.05) is 0 Å². The maximum Gasteiger partial charge on any atom is 0.335 e. The normalized spacial score (nSPS) is 21.3. The average Bonchev–Trinajstić information content (AvgIpc) is 2.96. The number of carboxylic acid groups (broad SMARTS) is 2. The molecule has 2 aliphatic rings. The molecule has 3 N–H and O–H groups in total. The van der Waals surface area contributed by atoms with Crippen LogP contribution in [0.15, 0.2) is 18.2 Å². The molecule has 0 radical (unpaired) electrons. The van der Waals surface area contributed by atoms with Crippen LogP contribution in [0.3, 0.4) is 0 Å². The second kappa shape index (κ2) is 8.05. The standard InChI is InChI=1S/C18H21N3O7/c22-6-5-19-1-3-20(4-2-19)14-10-15(23)21(16(14)24)13-8-11(17(25)26)7-12(9-13)18(27)28/h7-9,14,22H,1-6,10H2,(H,25,26)(H,27,28). The molecule has 2 heterocycles. The maximum absolute atomic E-state index is 12.9. The number of carboxylic acids is 2. The molecule has 28 heavy (non-hydrogen) atoms. The number of amides is 2. The molecule has 0 spiro atoms. The number of imide groups is 1. The molecule has 0 bridgehead atoms. The van der Waals surface area contributed by atoms with Crippen molar-refractivity contribution in [1.82, 2.24) is 9.80 Å². The molecule has 150 valence electrons. The molecule has 2 amide bonds. The van der Waals surface area contributed by atoms with E-state index in [-0.39, 0.29) is 29.8 Å². The molecule has 10 heteroatoms. The molecule has 10 nitrogen and oxygen atoms in total. The Morgan fingerprint density at radius 1 is 0.964 bits per heavy atom. The molecular weight excluding hydrogens is 370 g/mol. The second-order valence-electron chi connectivity index (χ2n) is 6.77. The molecule has 1 aromatic rings. The summed E-state index contributed by atoms with van der Waals surface area (Å²) in [6, 6.07) is 2.58. The summed E-state index contributed by atoms with van der Waals surface area (Å²) in [5.41, 5.74) is -0.665. The summed E-state index contributed by atoms with van der Waals surface area (Å²) < 4.78 is 0. The van der Waals surface area contributed by atoms with Gasteiger partial charge in [0.25, 0.3) is 5.91 Å². The van der Waals surface area contributed by atoms with Crippen LogP contribution in [0.25, 0.3) is 0 Å². The quantitative estimate of drug-likeness (QED) is 0.539. The van der Waals surface area contributed by atoms with Crippen LogP contribution in [0.4, 0.5) is 5.69 Å². The van der Waals surface area contributed by atoms with Gasteiger partial charge < -0.3 is 15.3 Å². The van der Waals surface area contributed by atoms with Crippen LogP contribution in [0, 0.1) is 0 Å². The van der Waals surface area contributed by atoms with Gasteiger partial charge in [0.15, 0.2) is 0 Å². The highest BCUT2D eigenvalue weighted by Gasteiger charge is 2.43. The zero-order chi connectivity index (χ0) is 20.4. The van der Waals surface area contributed by atoms with E-state index in [0.717, 1.165) is 23.1 Å². The van der Waals surface area contributed by atoms with E-state index >= 15 is 0 Å². The molecule has 1 aromatic carbocycles. The SMILES string of the molecule is O=C(O)c1cc(C(=O)O)cc(N2C(=O)CC(N3CCN(CCO)CC3)C2=O)c1. The predicted molar refractivity (Wildman–Crippen MR) is 96.4 cm³/mol. The summed E-state index contributed by atoms with van der Waals surface area (Å²) >= 11 is 0. The number of carbonyl (C=O) groups is 4. The van der Waals surface area contributed by atoms with Gasteiger partial charge in [0, 0.05) is 32.7 Å². The third-order valence-electron chi connectivity index (χ3n) is 5.06. The Kier molecular flexibility index (Phi) is 5.73. The number of aliphatic hydroxyl groups is 1. The van der Waals surface area contributed by atoms with E-state index in [2.05, 4.69) is 4.90 Å². The molecule has 0 aliphatic carbocycles. The monoisotopic (exact) mass is 391 g/mol. The van der Waals surface area contributed by atoms with Gasteiger partial charge in [-0.2, -0.15) is 0 Å². The lowest BCUT2D eigenvalue weighted by atomic mass is 10.1. The van der Waals surface area contributed by atoms with E-state index in [9.17, 15) is 29.4 Å². The fourth-order valence-corrected chi connectivity index (χ4v) is 3.60. The number of carbonyl (C=O) groups excluding carboxylic acids is 2. The van der Waals surface area contributed by atoms with E-state index < -0.39 is 29.8 Å². The first kappa shape index (κ1) is 19.9. The van der Waals surface area contributed by atoms with Crippen molar-refractivity contribution in [2.75, 3.05) is 44.2 Å². The first-order chi connectivity index (χ1) is 13.3. The number of β-amino-alcohol motifs (C(OH)–C–C–N with tert-alkyl or cyclic N) is 1. The van der Waals surface area contributed by atoms with Gasteiger partial charge in [-0.15, -0.1) is 0 Å². The van der Waals surface area contributed by atoms with E-state index in [1.54, 1.807) is 0 Å². The first-order valence-electron chi connectivity index (χ1n) is 8.87. The van der Waals surface area contributed by atoms with Gasteiger partial charge in [0.05, 0.1) is 35.9 Å². The Bertz CT molecular complexity index is 785. The predicted octanol–water partition coefficient (Wildman–Crippen LogP) is -0.675. The Balaban J connectivity index is 1.83. The fourth-order valence-electron chi connectivity index (χ4n) is 3.60. The summed E-state index contributed by atoms with van der Waals surface area (Å²) in [6.07, 6.45) is -0.0431. The molecule has 0 saturated carbocycles. The van der Waals surface area contributed by atoms with Crippen LogP contribution < -0.4 is 4.90 Å². The fraction of sp³-hybridized carbons (Fsp3) is 0.444. The van der Waals surface area contributed by atoms with Crippen molar-refractivity contribution in [3.8, 4) is 0 Å². The first-order valence-corrected chi connectivity index (χ1v) is 8.87. The lowest BCUT2D eigenvalue weighted by Gasteiger charge is -2.36. The highest BCUT2D eigenvalue weighted by atomic mass is 16.4. The van der Waals surface area contributed by atoms with Crippen molar-refractivity contribution in [1.29, 1.82) is 0 Å². The van der Waals surface area contributed by atoms with Crippen LogP contribution in [0.5, 0.6) is 0 Å². The smallest absolute Gasteiger partial charge is 0.335 e. The van der Waals surface area contributed by atoms with Crippen LogP contribution in [0.2, 0.25) is 0 Å². The largest absolute Gasteiger partial charge is 0.478 e. The maximum atomic E-state index is 12.9. The van der Waals surface area contributed by atoms with Crippen molar-refractivity contribution in [2.24, 2.45) is 0 Å². The van der Waals surface area contributed by atoms with E-state index in [4.69, 9.17) is 5.11 Å². The molecule has 1 unspecified atom stereocenters. The van der Waals surface area contributed by atoms with Crippen LogP contribution >= 0.6 is 0 Å². The number of hydrogen-bond donors (Lipinski definition) is 3. The average molecular weight is 391 g/mol. The van der Waals surface area contributed by atoms with Crippen molar-refractivity contribution >= 4 is 29.4 Å². The van der Waals surface area contributed by atoms with Gasteiger partial charge >= 0.3 is 11.9 Å². The van der Waals surface area contributed by atoms with Crippen molar-refractivity contribution in [3.05, 3.63) is 29.3 Å². The molecular formula is C18H21N3O7. The number of aliphatic hydroxyl groups excluding tert-OH is 1. The van der Waals surface area contributed by atoms with Crippen molar-refractivity contribution in [2.45, 2.75) is 12.5 Å². The number of anilines is 1. The van der Waals surface area contributed by atoms with Crippen LogP contribution in [-0.4, -0.2) is 94.2 Å². The summed E-state index contributed by atoms with van der Waals surface area (Å²) in [6.45, 7) is 3.06. The third kappa shape index (κ3) is 3.88. The van der Waals surface area contributed by atoms with Crippen LogP contribution in [-0.2, 0) is 9.59 Å².